The highest BCUT2D eigenvalue weighted by molar-refractivity contribution is 7.80. The fraction of sp³-hybridized carbons (Fsp3) is 0.500. The standard InChI is InChI=1S/C10H16N4S/c1-7(6-9(11)15)14(3)10-8(2)12-4-5-13-10/h4-5,7H,6H2,1-3H3,(H2,11,15). The van der Waals surface area contributed by atoms with Gasteiger partial charge in [0.15, 0.2) is 0 Å². The molecule has 0 bridgehead atoms. The van der Waals surface area contributed by atoms with E-state index >= 15 is 0 Å². The lowest BCUT2D eigenvalue weighted by molar-refractivity contribution is 0.700. The summed E-state index contributed by atoms with van der Waals surface area (Å²) >= 11 is 4.89. The van der Waals surface area contributed by atoms with Crippen LogP contribution in [0.3, 0.4) is 0 Å². The van der Waals surface area contributed by atoms with Crippen LogP contribution in [0, 0.1) is 6.92 Å². The summed E-state index contributed by atoms with van der Waals surface area (Å²) in [4.78, 5) is 11.0. The van der Waals surface area contributed by atoms with Crippen molar-refractivity contribution in [2.24, 2.45) is 5.73 Å². The maximum Gasteiger partial charge on any atom is 0.150 e. The van der Waals surface area contributed by atoms with Crippen LogP contribution in [-0.2, 0) is 0 Å². The first-order valence-electron chi connectivity index (χ1n) is 4.81. The van der Waals surface area contributed by atoms with Gasteiger partial charge in [-0.15, -0.1) is 0 Å². The van der Waals surface area contributed by atoms with Crippen molar-refractivity contribution >= 4 is 23.0 Å². The Morgan fingerprint density at radius 2 is 2.13 bits per heavy atom. The molecule has 0 fully saturated rings. The Balaban J connectivity index is 2.80. The first-order valence-corrected chi connectivity index (χ1v) is 5.22. The van der Waals surface area contributed by atoms with E-state index in [1.807, 2.05) is 18.9 Å². The molecule has 1 rings (SSSR count). The van der Waals surface area contributed by atoms with Gasteiger partial charge in [-0.25, -0.2) is 4.98 Å². The minimum atomic E-state index is 0.234. The van der Waals surface area contributed by atoms with Crippen LogP contribution in [0.5, 0.6) is 0 Å². The summed E-state index contributed by atoms with van der Waals surface area (Å²) in [5, 5.41) is 0. The summed E-state index contributed by atoms with van der Waals surface area (Å²) in [5.41, 5.74) is 6.43. The molecule has 0 saturated heterocycles. The van der Waals surface area contributed by atoms with Gasteiger partial charge in [-0.2, -0.15) is 0 Å². The lowest BCUT2D eigenvalue weighted by Crippen LogP contribution is -2.33. The van der Waals surface area contributed by atoms with Crippen molar-refractivity contribution in [1.29, 1.82) is 0 Å². The number of hydrogen-bond donors (Lipinski definition) is 1. The van der Waals surface area contributed by atoms with E-state index in [-0.39, 0.29) is 6.04 Å². The molecule has 4 nitrogen and oxygen atoms in total. The van der Waals surface area contributed by atoms with Gasteiger partial charge >= 0.3 is 0 Å². The Labute approximate surface area is 95.5 Å². The highest BCUT2D eigenvalue weighted by Gasteiger charge is 2.14. The van der Waals surface area contributed by atoms with E-state index in [0.717, 1.165) is 11.5 Å². The van der Waals surface area contributed by atoms with E-state index in [0.29, 0.717) is 11.4 Å². The predicted molar refractivity (Wildman–Crippen MR) is 66.0 cm³/mol. The second-order valence-corrected chi connectivity index (χ2v) is 4.12. The molecular formula is C10H16N4S. The lowest BCUT2D eigenvalue weighted by Gasteiger charge is -2.26. The Bertz CT molecular complexity index is 353. The van der Waals surface area contributed by atoms with Gasteiger partial charge in [-0.1, -0.05) is 12.2 Å². The third kappa shape index (κ3) is 3.13. The molecule has 0 aliphatic carbocycles. The van der Waals surface area contributed by atoms with Crippen molar-refractivity contribution in [2.75, 3.05) is 11.9 Å². The van der Waals surface area contributed by atoms with E-state index in [4.69, 9.17) is 18.0 Å². The first kappa shape index (κ1) is 11.8. The van der Waals surface area contributed by atoms with E-state index in [1.165, 1.54) is 0 Å². The summed E-state index contributed by atoms with van der Waals surface area (Å²) in [6.07, 6.45) is 4.05. The van der Waals surface area contributed by atoms with Gasteiger partial charge in [0.25, 0.3) is 0 Å². The zero-order chi connectivity index (χ0) is 11.4. The SMILES string of the molecule is Cc1nccnc1N(C)C(C)CC(N)=S. The molecule has 1 unspecified atom stereocenters. The van der Waals surface area contributed by atoms with Crippen molar-refractivity contribution in [2.45, 2.75) is 26.3 Å². The number of thiocarbonyl (C=S) groups is 1. The quantitative estimate of drug-likeness (QED) is 0.781. The molecule has 1 aromatic heterocycles. The van der Waals surface area contributed by atoms with Crippen LogP contribution in [0.25, 0.3) is 0 Å². The minimum Gasteiger partial charge on any atom is -0.393 e. The number of aryl methyl sites for hydroxylation is 1. The Kier molecular flexibility index (Phi) is 3.96. The van der Waals surface area contributed by atoms with Crippen molar-refractivity contribution in [3.05, 3.63) is 18.1 Å². The van der Waals surface area contributed by atoms with Gasteiger partial charge in [-0.3, -0.25) is 4.98 Å². The van der Waals surface area contributed by atoms with Crippen molar-refractivity contribution in [3.63, 3.8) is 0 Å². The van der Waals surface area contributed by atoms with Gasteiger partial charge in [0.05, 0.1) is 10.7 Å². The van der Waals surface area contributed by atoms with Crippen LogP contribution in [0.4, 0.5) is 5.82 Å². The largest absolute Gasteiger partial charge is 0.393 e. The van der Waals surface area contributed by atoms with Crippen molar-refractivity contribution < 1.29 is 0 Å². The molecule has 0 amide bonds. The van der Waals surface area contributed by atoms with Crippen LogP contribution in [0.1, 0.15) is 19.0 Å². The smallest absolute Gasteiger partial charge is 0.150 e. The molecule has 5 heteroatoms. The van der Waals surface area contributed by atoms with E-state index < -0.39 is 0 Å². The van der Waals surface area contributed by atoms with Gasteiger partial charge in [0.2, 0.25) is 0 Å². The minimum absolute atomic E-state index is 0.234. The number of aromatic nitrogens is 2. The van der Waals surface area contributed by atoms with Crippen LogP contribution in [0.2, 0.25) is 0 Å². The summed E-state index contributed by atoms with van der Waals surface area (Å²) < 4.78 is 0. The molecule has 0 aliphatic rings. The van der Waals surface area contributed by atoms with Crippen molar-refractivity contribution in [1.82, 2.24) is 9.97 Å². The molecule has 1 aromatic rings. The molecular weight excluding hydrogens is 208 g/mol. The monoisotopic (exact) mass is 224 g/mol. The highest BCUT2D eigenvalue weighted by atomic mass is 32.1. The molecule has 0 aromatic carbocycles. The molecule has 15 heavy (non-hydrogen) atoms. The third-order valence-electron chi connectivity index (χ3n) is 2.35. The van der Waals surface area contributed by atoms with Crippen molar-refractivity contribution in [3.8, 4) is 0 Å². The predicted octanol–water partition coefficient (Wildman–Crippen LogP) is 1.29. The maximum absolute atomic E-state index is 5.52. The molecule has 0 aliphatic heterocycles. The molecule has 2 N–H and O–H groups in total. The fourth-order valence-electron chi connectivity index (χ4n) is 1.38. The number of anilines is 1. The Hall–Kier alpha value is -1.23. The molecule has 82 valence electrons. The second kappa shape index (κ2) is 5.02. The van der Waals surface area contributed by atoms with E-state index in [9.17, 15) is 0 Å². The number of nitrogens with two attached hydrogens (primary N) is 1. The zero-order valence-corrected chi connectivity index (χ0v) is 10.1. The van der Waals surface area contributed by atoms with Gasteiger partial charge in [0.1, 0.15) is 5.82 Å². The van der Waals surface area contributed by atoms with Crippen LogP contribution in [0.15, 0.2) is 12.4 Å². The maximum atomic E-state index is 5.52. The molecule has 0 saturated carbocycles. The normalized spacial score (nSPS) is 12.2. The molecule has 0 radical (unpaired) electrons. The topological polar surface area (TPSA) is 55.0 Å². The summed E-state index contributed by atoms with van der Waals surface area (Å²) in [7, 11) is 1.97. The highest BCUT2D eigenvalue weighted by Crippen LogP contribution is 2.15. The Morgan fingerprint density at radius 3 is 2.67 bits per heavy atom. The van der Waals surface area contributed by atoms with E-state index in [1.54, 1.807) is 12.4 Å². The lowest BCUT2D eigenvalue weighted by atomic mass is 10.2. The number of nitrogens with zero attached hydrogens (tertiary/aromatic N) is 3. The van der Waals surface area contributed by atoms with Gasteiger partial charge in [0, 0.05) is 31.9 Å². The summed E-state index contributed by atoms with van der Waals surface area (Å²) in [5.74, 6) is 0.876. The second-order valence-electron chi connectivity index (χ2n) is 3.60. The van der Waals surface area contributed by atoms with Crippen LogP contribution < -0.4 is 10.6 Å². The molecule has 1 atom stereocenters. The van der Waals surface area contributed by atoms with Crippen LogP contribution in [-0.4, -0.2) is 28.0 Å². The fourth-order valence-corrected chi connectivity index (χ4v) is 1.62. The number of rotatable bonds is 4. The average Bonchev–Trinajstić information content (AvgIpc) is 2.16. The third-order valence-corrected chi connectivity index (χ3v) is 2.51. The van der Waals surface area contributed by atoms with E-state index in [2.05, 4.69) is 16.9 Å². The average molecular weight is 224 g/mol. The summed E-state index contributed by atoms with van der Waals surface area (Å²) in [6.45, 7) is 4.00. The molecule has 1 heterocycles. The van der Waals surface area contributed by atoms with Crippen LogP contribution >= 0.6 is 12.2 Å². The molecule has 0 spiro atoms. The number of hydrogen-bond acceptors (Lipinski definition) is 4. The van der Waals surface area contributed by atoms with Gasteiger partial charge in [-0.05, 0) is 13.8 Å². The first-order chi connectivity index (χ1) is 7.02. The Morgan fingerprint density at radius 1 is 1.53 bits per heavy atom. The summed E-state index contributed by atoms with van der Waals surface area (Å²) in [6, 6.07) is 0.234. The zero-order valence-electron chi connectivity index (χ0n) is 9.27. The van der Waals surface area contributed by atoms with Gasteiger partial charge < -0.3 is 10.6 Å².